The first kappa shape index (κ1) is 14.7. The molecular formula is C12H16BrNO4S. The van der Waals surface area contributed by atoms with E-state index in [0.717, 1.165) is 0 Å². The van der Waals surface area contributed by atoms with Gasteiger partial charge in [-0.3, -0.25) is 14.5 Å². The zero-order valence-corrected chi connectivity index (χ0v) is 13.5. The van der Waals surface area contributed by atoms with E-state index in [9.17, 15) is 18.0 Å². The van der Waals surface area contributed by atoms with Crippen molar-refractivity contribution in [2.45, 2.75) is 32.6 Å². The Kier molecular flexibility index (Phi) is 3.42. The minimum atomic E-state index is -3.36. The van der Waals surface area contributed by atoms with Crippen LogP contribution in [0.2, 0.25) is 0 Å². The molecule has 2 aliphatic heterocycles. The number of β-lactam (4-membered cyclic amide) rings is 1. The largest absolute Gasteiger partial charge is 0.292 e. The highest BCUT2D eigenvalue weighted by Gasteiger charge is 2.53. The molecule has 1 fully saturated rings. The molecule has 7 heteroatoms. The molecule has 0 aromatic heterocycles. The first-order valence-corrected chi connectivity index (χ1v) is 8.79. The molecule has 106 valence electrons. The first-order chi connectivity index (χ1) is 8.59. The minimum absolute atomic E-state index is 0.0151. The van der Waals surface area contributed by atoms with E-state index in [1.54, 1.807) is 20.8 Å². The lowest BCUT2D eigenvalue weighted by molar-refractivity contribution is -0.142. The predicted molar refractivity (Wildman–Crippen MR) is 74.3 cm³/mol. The maximum atomic E-state index is 12.5. The van der Waals surface area contributed by atoms with Gasteiger partial charge in [0.15, 0.2) is 15.6 Å². The van der Waals surface area contributed by atoms with E-state index in [1.165, 1.54) is 4.90 Å². The number of amides is 1. The third-order valence-corrected chi connectivity index (χ3v) is 5.96. The third kappa shape index (κ3) is 2.27. The summed E-state index contributed by atoms with van der Waals surface area (Å²) in [7, 11) is -3.36. The molecule has 0 bridgehead atoms. The molecule has 0 spiro atoms. The van der Waals surface area contributed by atoms with E-state index in [0.29, 0.717) is 5.57 Å². The van der Waals surface area contributed by atoms with Crippen molar-refractivity contribution in [1.29, 1.82) is 0 Å². The van der Waals surface area contributed by atoms with Crippen LogP contribution in [0.3, 0.4) is 0 Å². The standard InChI is InChI=1S/C12H16BrNO4S/c1-12(2,3)11(16)10-7(5-13)6-19(17,18)9-4-8(15)14(9)10/h9H,4-6H2,1-3H3/t9-/m0/s1. The van der Waals surface area contributed by atoms with Crippen molar-refractivity contribution in [1.82, 2.24) is 4.90 Å². The fraction of sp³-hybridized carbons (Fsp3) is 0.667. The van der Waals surface area contributed by atoms with Crippen LogP contribution in [0.25, 0.3) is 0 Å². The molecule has 0 N–H and O–H groups in total. The van der Waals surface area contributed by atoms with Crippen molar-refractivity contribution in [3.8, 4) is 0 Å². The summed E-state index contributed by atoms with van der Waals surface area (Å²) in [4.78, 5) is 25.4. The van der Waals surface area contributed by atoms with Crippen LogP contribution >= 0.6 is 15.9 Å². The zero-order valence-electron chi connectivity index (χ0n) is 11.1. The van der Waals surface area contributed by atoms with Crippen LogP contribution in [0.5, 0.6) is 0 Å². The third-order valence-electron chi connectivity index (χ3n) is 3.33. The zero-order chi connectivity index (χ0) is 14.6. The van der Waals surface area contributed by atoms with Crippen molar-refractivity contribution in [2.24, 2.45) is 5.41 Å². The Labute approximate surface area is 121 Å². The average Bonchev–Trinajstić information content (AvgIpc) is 2.26. The number of carbonyl (C=O) groups excluding carboxylic acids is 2. The van der Waals surface area contributed by atoms with Crippen LogP contribution in [0.1, 0.15) is 27.2 Å². The van der Waals surface area contributed by atoms with Crippen LogP contribution in [0.15, 0.2) is 11.3 Å². The number of fused-ring (bicyclic) bond motifs is 1. The fourth-order valence-corrected chi connectivity index (χ4v) is 4.83. The SMILES string of the molecule is CC(C)(C)C(=O)C1=C(CBr)CS(=O)(=O)[C@H]2CC(=O)N12. The maximum absolute atomic E-state index is 12.5. The normalized spacial score (nSPS) is 26.0. The second-order valence-corrected chi connectivity index (χ2v) is 8.61. The summed E-state index contributed by atoms with van der Waals surface area (Å²) >= 11 is 3.22. The maximum Gasteiger partial charge on any atom is 0.231 e. The number of hydrogen-bond acceptors (Lipinski definition) is 4. The van der Waals surface area contributed by atoms with Crippen LogP contribution in [-0.4, -0.2) is 41.5 Å². The molecule has 1 atom stereocenters. The molecule has 1 saturated heterocycles. The quantitative estimate of drug-likeness (QED) is 0.555. The van der Waals surface area contributed by atoms with Gasteiger partial charge in [0.1, 0.15) is 5.37 Å². The summed E-state index contributed by atoms with van der Waals surface area (Å²) in [6.45, 7) is 5.28. The molecular weight excluding hydrogens is 334 g/mol. The number of carbonyl (C=O) groups is 2. The Balaban J connectivity index is 2.57. The highest BCUT2D eigenvalue weighted by atomic mass is 79.9. The van der Waals surface area contributed by atoms with Crippen LogP contribution in [0.4, 0.5) is 0 Å². The summed E-state index contributed by atoms with van der Waals surface area (Å²) in [5, 5.41) is -0.566. The molecule has 0 unspecified atom stereocenters. The topological polar surface area (TPSA) is 71.5 Å². The first-order valence-electron chi connectivity index (χ1n) is 5.96. The lowest BCUT2D eigenvalue weighted by Gasteiger charge is -2.45. The van der Waals surface area contributed by atoms with Gasteiger partial charge in [0.25, 0.3) is 0 Å². The van der Waals surface area contributed by atoms with Gasteiger partial charge in [0.2, 0.25) is 5.91 Å². The summed E-state index contributed by atoms with van der Waals surface area (Å²) in [6.07, 6.45) is -0.0151. The molecule has 0 aliphatic carbocycles. The van der Waals surface area contributed by atoms with Crippen LogP contribution < -0.4 is 0 Å². The Bertz CT molecular complexity index is 585. The van der Waals surface area contributed by atoms with Gasteiger partial charge >= 0.3 is 0 Å². The molecule has 2 rings (SSSR count). The molecule has 5 nitrogen and oxygen atoms in total. The monoisotopic (exact) mass is 349 g/mol. The fourth-order valence-electron chi connectivity index (χ4n) is 2.25. The Morgan fingerprint density at radius 2 is 2.00 bits per heavy atom. The smallest absolute Gasteiger partial charge is 0.231 e. The molecule has 2 aliphatic rings. The van der Waals surface area contributed by atoms with Gasteiger partial charge in [-0.05, 0) is 5.57 Å². The highest BCUT2D eigenvalue weighted by Crippen LogP contribution is 2.39. The van der Waals surface area contributed by atoms with E-state index < -0.39 is 20.6 Å². The molecule has 1 amide bonds. The molecule has 2 heterocycles. The second kappa shape index (κ2) is 4.41. The Hall–Kier alpha value is -0.690. The van der Waals surface area contributed by atoms with Gasteiger partial charge in [-0.25, -0.2) is 8.42 Å². The summed E-state index contributed by atoms with van der Waals surface area (Å²) in [5.41, 5.74) is 0.106. The summed E-state index contributed by atoms with van der Waals surface area (Å²) < 4.78 is 24.0. The number of ketones is 1. The predicted octanol–water partition coefficient (Wildman–Crippen LogP) is 1.24. The van der Waals surface area contributed by atoms with E-state index >= 15 is 0 Å². The van der Waals surface area contributed by atoms with E-state index in [4.69, 9.17) is 0 Å². The number of nitrogens with zero attached hydrogens (tertiary/aromatic N) is 1. The Morgan fingerprint density at radius 3 is 2.42 bits per heavy atom. The van der Waals surface area contributed by atoms with Crippen molar-refractivity contribution < 1.29 is 18.0 Å². The van der Waals surface area contributed by atoms with E-state index in [-0.39, 0.29) is 34.9 Å². The van der Waals surface area contributed by atoms with E-state index in [1.807, 2.05) is 0 Å². The van der Waals surface area contributed by atoms with Crippen molar-refractivity contribution in [2.75, 3.05) is 11.1 Å². The lowest BCUT2D eigenvalue weighted by atomic mass is 9.86. The van der Waals surface area contributed by atoms with Crippen LogP contribution in [0, 0.1) is 5.41 Å². The van der Waals surface area contributed by atoms with Crippen molar-refractivity contribution in [3.05, 3.63) is 11.3 Å². The molecule has 0 radical (unpaired) electrons. The molecule has 0 saturated carbocycles. The number of sulfone groups is 1. The van der Waals surface area contributed by atoms with E-state index in [2.05, 4.69) is 15.9 Å². The van der Waals surface area contributed by atoms with Gasteiger partial charge in [0, 0.05) is 10.7 Å². The number of allylic oxidation sites excluding steroid dienone is 1. The summed E-state index contributed by atoms with van der Waals surface area (Å²) in [5.74, 6) is -0.627. The van der Waals surface area contributed by atoms with Gasteiger partial charge in [-0.15, -0.1) is 0 Å². The number of hydrogen-bond donors (Lipinski definition) is 0. The van der Waals surface area contributed by atoms with Crippen LogP contribution in [-0.2, 0) is 19.4 Å². The molecule has 0 aromatic carbocycles. The molecule has 0 aromatic rings. The Morgan fingerprint density at radius 1 is 1.42 bits per heavy atom. The number of halogens is 1. The number of rotatable bonds is 2. The van der Waals surface area contributed by atoms with Gasteiger partial charge in [-0.2, -0.15) is 0 Å². The van der Waals surface area contributed by atoms with Gasteiger partial charge < -0.3 is 0 Å². The van der Waals surface area contributed by atoms with Gasteiger partial charge in [0.05, 0.1) is 17.9 Å². The highest BCUT2D eigenvalue weighted by molar-refractivity contribution is 9.09. The minimum Gasteiger partial charge on any atom is -0.292 e. The number of alkyl halides is 1. The summed E-state index contributed by atoms with van der Waals surface area (Å²) in [6, 6.07) is 0. The van der Waals surface area contributed by atoms with Crippen molar-refractivity contribution in [3.63, 3.8) is 0 Å². The van der Waals surface area contributed by atoms with Gasteiger partial charge in [-0.1, -0.05) is 36.7 Å². The van der Waals surface area contributed by atoms with Crippen molar-refractivity contribution >= 4 is 37.5 Å². The second-order valence-electron chi connectivity index (χ2n) is 5.89. The molecule has 19 heavy (non-hydrogen) atoms. The lowest BCUT2D eigenvalue weighted by Crippen LogP contribution is -2.61. The average molecular weight is 350 g/mol. The number of Topliss-reactive ketones (excluding diaryl/α,β-unsaturated/α-hetero) is 1.